The van der Waals surface area contributed by atoms with E-state index >= 15 is 0 Å². The first-order valence-corrected chi connectivity index (χ1v) is 6.96. The number of benzene rings is 1. The first kappa shape index (κ1) is 14.2. The van der Waals surface area contributed by atoms with E-state index in [1.807, 2.05) is 0 Å². The van der Waals surface area contributed by atoms with Crippen molar-refractivity contribution in [2.45, 2.75) is 59.4 Å². The second-order valence-corrected chi connectivity index (χ2v) is 5.06. The second-order valence-electron chi connectivity index (χ2n) is 5.06. The first-order chi connectivity index (χ1) is 8.17. The van der Waals surface area contributed by atoms with Gasteiger partial charge in [-0.2, -0.15) is 0 Å². The summed E-state index contributed by atoms with van der Waals surface area (Å²) in [5.41, 5.74) is 4.27. The number of nitrogens with one attached hydrogen (secondary N) is 1. The molecule has 96 valence electrons. The van der Waals surface area contributed by atoms with Crippen LogP contribution >= 0.6 is 0 Å². The summed E-state index contributed by atoms with van der Waals surface area (Å²) >= 11 is 0. The third-order valence-electron chi connectivity index (χ3n) is 3.37. The molecule has 0 saturated carbocycles. The minimum Gasteiger partial charge on any atom is -0.314 e. The highest BCUT2D eigenvalue weighted by Gasteiger charge is 2.08. The van der Waals surface area contributed by atoms with Gasteiger partial charge in [-0.05, 0) is 56.3 Å². The molecule has 0 amide bonds. The summed E-state index contributed by atoms with van der Waals surface area (Å²) in [6.07, 6.45) is 4.90. The van der Waals surface area contributed by atoms with E-state index in [9.17, 15) is 0 Å². The molecule has 1 unspecified atom stereocenters. The van der Waals surface area contributed by atoms with Crippen LogP contribution in [0, 0.1) is 13.8 Å². The Morgan fingerprint density at radius 1 is 1.06 bits per heavy atom. The molecule has 17 heavy (non-hydrogen) atoms. The van der Waals surface area contributed by atoms with Gasteiger partial charge in [-0.1, -0.05) is 38.5 Å². The molecule has 1 N–H and O–H groups in total. The lowest BCUT2D eigenvalue weighted by molar-refractivity contribution is 0.473. The molecule has 0 aliphatic heterocycles. The molecule has 0 radical (unpaired) electrons. The fraction of sp³-hybridized carbons (Fsp3) is 0.625. The van der Waals surface area contributed by atoms with Crippen LogP contribution < -0.4 is 5.32 Å². The van der Waals surface area contributed by atoms with Gasteiger partial charge in [-0.3, -0.25) is 0 Å². The maximum Gasteiger partial charge on any atom is 0.0107 e. The molecule has 1 nitrogen and oxygen atoms in total. The van der Waals surface area contributed by atoms with Gasteiger partial charge in [0.25, 0.3) is 0 Å². The predicted molar refractivity (Wildman–Crippen MR) is 76.6 cm³/mol. The quantitative estimate of drug-likeness (QED) is 0.750. The summed E-state index contributed by atoms with van der Waals surface area (Å²) in [7, 11) is 0. The normalized spacial score (nSPS) is 12.7. The first-order valence-electron chi connectivity index (χ1n) is 6.96. The number of aryl methyl sites for hydroxylation is 2. The molecule has 0 aliphatic carbocycles. The molecule has 1 rings (SSSR count). The average Bonchev–Trinajstić information content (AvgIpc) is 2.31. The molecule has 1 aromatic carbocycles. The highest BCUT2D eigenvalue weighted by molar-refractivity contribution is 5.30. The molecular weight excluding hydrogens is 206 g/mol. The number of hydrogen-bond donors (Lipinski definition) is 1. The lowest BCUT2D eigenvalue weighted by atomic mass is 9.98. The van der Waals surface area contributed by atoms with Crippen LogP contribution in [0.25, 0.3) is 0 Å². The van der Waals surface area contributed by atoms with Crippen molar-refractivity contribution in [3.63, 3.8) is 0 Å². The van der Waals surface area contributed by atoms with Crippen LogP contribution in [0.4, 0.5) is 0 Å². The van der Waals surface area contributed by atoms with Crippen molar-refractivity contribution < 1.29 is 0 Å². The van der Waals surface area contributed by atoms with E-state index in [-0.39, 0.29) is 0 Å². The van der Waals surface area contributed by atoms with Crippen molar-refractivity contribution in [2.75, 3.05) is 6.54 Å². The Kier molecular flexibility index (Phi) is 6.28. The summed E-state index contributed by atoms with van der Waals surface area (Å²) in [5, 5.41) is 3.65. The fourth-order valence-electron chi connectivity index (χ4n) is 2.19. The van der Waals surface area contributed by atoms with E-state index in [1.165, 1.54) is 36.0 Å². The largest absolute Gasteiger partial charge is 0.314 e. The lowest BCUT2D eigenvalue weighted by Gasteiger charge is -2.18. The van der Waals surface area contributed by atoms with Gasteiger partial charge in [-0.15, -0.1) is 0 Å². The van der Waals surface area contributed by atoms with Gasteiger partial charge >= 0.3 is 0 Å². The van der Waals surface area contributed by atoms with Crippen molar-refractivity contribution in [3.8, 4) is 0 Å². The summed E-state index contributed by atoms with van der Waals surface area (Å²) in [4.78, 5) is 0. The SMILES string of the molecule is CCCNC(CCC)Cc1ccc(C)c(C)c1. The number of rotatable bonds is 7. The Morgan fingerprint density at radius 2 is 1.82 bits per heavy atom. The Balaban J connectivity index is 2.61. The molecule has 0 spiro atoms. The highest BCUT2D eigenvalue weighted by atomic mass is 14.9. The Hall–Kier alpha value is -0.820. The molecule has 0 bridgehead atoms. The molecular formula is C16H27N. The van der Waals surface area contributed by atoms with Crippen LogP contribution in [-0.2, 0) is 6.42 Å². The third kappa shape index (κ3) is 4.91. The van der Waals surface area contributed by atoms with Crippen LogP contribution in [0.2, 0.25) is 0 Å². The molecule has 1 heteroatoms. The van der Waals surface area contributed by atoms with Gasteiger partial charge < -0.3 is 5.32 Å². The summed E-state index contributed by atoms with van der Waals surface area (Å²) in [6.45, 7) is 10.0. The molecule has 1 atom stereocenters. The maximum absolute atomic E-state index is 3.65. The molecule has 0 saturated heterocycles. The fourth-order valence-corrected chi connectivity index (χ4v) is 2.19. The zero-order valence-electron chi connectivity index (χ0n) is 11.8. The van der Waals surface area contributed by atoms with E-state index in [4.69, 9.17) is 0 Å². The minimum absolute atomic E-state index is 0.641. The molecule has 0 aliphatic rings. The van der Waals surface area contributed by atoms with Crippen molar-refractivity contribution in [2.24, 2.45) is 0 Å². The standard InChI is InChI=1S/C16H27N/c1-5-7-16(17-10-6-2)12-15-9-8-13(3)14(4)11-15/h8-9,11,16-17H,5-7,10,12H2,1-4H3. The molecule has 0 aromatic heterocycles. The van der Waals surface area contributed by atoms with Gasteiger partial charge in [0.05, 0.1) is 0 Å². The van der Waals surface area contributed by atoms with Crippen LogP contribution in [-0.4, -0.2) is 12.6 Å². The average molecular weight is 233 g/mol. The molecule has 1 aromatic rings. The second kappa shape index (κ2) is 7.50. The van der Waals surface area contributed by atoms with E-state index < -0.39 is 0 Å². The van der Waals surface area contributed by atoms with Gasteiger partial charge in [0, 0.05) is 6.04 Å². The van der Waals surface area contributed by atoms with Crippen LogP contribution in [0.3, 0.4) is 0 Å². The van der Waals surface area contributed by atoms with Gasteiger partial charge in [0.2, 0.25) is 0 Å². The van der Waals surface area contributed by atoms with E-state index in [0.717, 1.165) is 13.0 Å². The minimum atomic E-state index is 0.641. The third-order valence-corrected chi connectivity index (χ3v) is 3.37. The van der Waals surface area contributed by atoms with Crippen LogP contribution in [0.15, 0.2) is 18.2 Å². The molecule has 0 heterocycles. The van der Waals surface area contributed by atoms with Crippen molar-refractivity contribution in [1.82, 2.24) is 5.32 Å². The summed E-state index contributed by atoms with van der Waals surface area (Å²) in [6, 6.07) is 7.50. The van der Waals surface area contributed by atoms with Crippen LogP contribution in [0.5, 0.6) is 0 Å². The van der Waals surface area contributed by atoms with Crippen molar-refractivity contribution in [1.29, 1.82) is 0 Å². The topological polar surface area (TPSA) is 12.0 Å². The summed E-state index contributed by atoms with van der Waals surface area (Å²) in [5.74, 6) is 0. The zero-order chi connectivity index (χ0) is 12.7. The van der Waals surface area contributed by atoms with E-state index in [0.29, 0.717) is 6.04 Å². The van der Waals surface area contributed by atoms with E-state index in [1.54, 1.807) is 0 Å². The van der Waals surface area contributed by atoms with Crippen LogP contribution in [0.1, 0.15) is 49.8 Å². The smallest absolute Gasteiger partial charge is 0.0107 e. The Labute approximate surface area is 107 Å². The Morgan fingerprint density at radius 3 is 2.41 bits per heavy atom. The van der Waals surface area contributed by atoms with Gasteiger partial charge in [0.1, 0.15) is 0 Å². The predicted octanol–water partition coefficient (Wildman–Crippen LogP) is 4.01. The highest BCUT2D eigenvalue weighted by Crippen LogP contribution is 2.13. The zero-order valence-corrected chi connectivity index (χ0v) is 11.8. The number of hydrogen-bond acceptors (Lipinski definition) is 1. The summed E-state index contributed by atoms with van der Waals surface area (Å²) < 4.78 is 0. The Bertz CT molecular complexity index is 330. The van der Waals surface area contributed by atoms with Crippen molar-refractivity contribution >= 4 is 0 Å². The van der Waals surface area contributed by atoms with Crippen molar-refractivity contribution in [3.05, 3.63) is 34.9 Å². The lowest BCUT2D eigenvalue weighted by Crippen LogP contribution is -2.31. The van der Waals surface area contributed by atoms with E-state index in [2.05, 4.69) is 51.2 Å². The van der Waals surface area contributed by atoms with Gasteiger partial charge in [-0.25, -0.2) is 0 Å². The maximum atomic E-state index is 3.65. The van der Waals surface area contributed by atoms with Gasteiger partial charge in [0.15, 0.2) is 0 Å². The molecule has 0 fully saturated rings. The monoisotopic (exact) mass is 233 g/mol.